The van der Waals surface area contributed by atoms with Gasteiger partial charge in [0.2, 0.25) is 0 Å². The first kappa shape index (κ1) is 11.3. The molecule has 0 saturated heterocycles. The quantitative estimate of drug-likeness (QED) is 0.671. The molecular formula is C11H12BrNO3. The van der Waals surface area contributed by atoms with Gasteiger partial charge in [-0.3, -0.25) is 0 Å². The highest BCUT2D eigenvalue weighted by atomic mass is 79.9. The van der Waals surface area contributed by atoms with Gasteiger partial charge < -0.3 is 14.7 Å². The summed E-state index contributed by atoms with van der Waals surface area (Å²) in [6.07, 6.45) is 1.56. The van der Waals surface area contributed by atoms with Gasteiger partial charge in [-0.2, -0.15) is 0 Å². The molecular weight excluding hydrogens is 274 g/mol. The van der Waals surface area contributed by atoms with Gasteiger partial charge in [0.25, 0.3) is 0 Å². The number of methoxy groups -OCH3 is 2. The maximum absolute atomic E-state index is 8.96. The van der Waals surface area contributed by atoms with Crippen molar-refractivity contribution in [3.8, 4) is 11.5 Å². The molecule has 0 heterocycles. The van der Waals surface area contributed by atoms with E-state index in [1.165, 1.54) is 0 Å². The maximum Gasteiger partial charge on any atom is 0.170 e. The maximum atomic E-state index is 8.96. The SMILES string of the molecule is COc1cc(Br)c2c(c1OC)/C(=N/O)CC2. The van der Waals surface area contributed by atoms with Gasteiger partial charge in [0, 0.05) is 10.0 Å². The molecule has 1 N–H and O–H groups in total. The minimum atomic E-state index is 0.631. The Hall–Kier alpha value is -1.23. The Labute approximate surface area is 102 Å². The number of oxime groups is 1. The van der Waals surface area contributed by atoms with Crippen molar-refractivity contribution in [1.82, 2.24) is 0 Å². The number of rotatable bonds is 2. The average molecular weight is 286 g/mol. The topological polar surface area (TPSA) is 51.0 Å². The van der Waals surface area contributed by atoms with Crippen molar-refractivity contribution < 1.29 is 14.7 Å². The van der Waals surface area contributed by atoms with Crippen LogP contribution in [0.1, 0.15) is 17.5 Å². The van der Waals surface area contributed by atoms with Crippen LogP contribution in [0.25, 0.3) is 0 Å². The first-order valence-corrected chi connectivity index (χ1v) is 5.66. The van der Waals surface area contributed by atoms with Gasteiger partial charge in [-0.25, -0.2) is 0 Å². The number of nitrogens with zero attached hydrogens (tertiary/aromatic N) is 1. The molecule has 1 aromatic carbocycles. The minimum absolute atomic E-state index is 0.631. The molecule has 0 aromatic heterocycles. The van der Waals surface area contributed by atoms with Crippen LogP contribution in [0.4, 0.5) is 0 Å². The van der Waals surface area contributed by atoms with Crippen molar-refractivity contribution in [3.05, 3.63) is 21.7 Å². The van der Waals surface area contributed by atoms with Crippen molar-refractivity contribution in [3.63, 3.8) is 0 Å². The molecule has 1 aromatic rings. The van der Waals surface area contributed by atoms with Crippen LogP contribution < -0.4 is 9.47 Å². The second-order valence-corrected chi connectivity index (χ2v) is 4.35. The van der Waals surface area contributed by atoms with Crippen molar-refractivity contribution in [2.24, 2.45) is 5.16 Å². The smallest absolute Gasteiger partial charge is 0.170 e. The van der Waals surface area contributed by atoms with Crippen LogP contribution in [-0.2, 0) is 6.42 Å². The molecule has 0 fully saturated rings. The molecule has 0 unspecified atom stereocenters. The molecule has 4 nitrogen and oxygen atoms in total. The minimum Gasteiger partial charge on any atom is -0.493 e. The van der Waals surface area contributed by atoms with E-state index in [9.17, 15) is 0 Å². The van der Waals surface area contributed by atoms with Crippen LogP contribution in [0, 0.1) is 0 Å². The number of hydrogen-bond acceptors (Lipinski definition) is 4. The molecule has 0 saturated carbocycles. The molecule has 1 aliphatic rings. The van der Waals surface area contributed by atoms with Gasteiger partial charge in [0.05, 0.1) is 19.9 Å². The summed E-state index contributed by atoms with van der Waals surface area (Å²) in [7, 11) is 3.17. The van der Waals surface area contributed by atoms with E-state index in [1.54, 1.807) is 14.2 Å². The molecule has 0 spiro atoms. The third-order valence-corrected chi connectivity index (χ3v) is 3.45. The molecule has 5 heteroatoms. The fourth-order valence-corrected chi connectivity index (χ4v) is 2.62. The van der Waals surface area contributed by atoms with Crippen LogP contribution >= 0.6 is 15.9 Å². The molecule has 1 aliphatic carbocycles. The summed E-state index contributed by atoms with van der Waals surface area (Å²) in [6.45, 7) is 0. The van der Waals surface area contributed by atoms with E-state index in [-0.39, 0.29) is 0 Å². The number of hydrogen-bond donors (Lipinski definition) is 1. The predicted octanol–water partition coefficient (Wildman–Crippen LogP) is 2.59. The Morgan fingerprint density at radius 2 is 2.06 bits per heavy atom. The van der Waals surface area contributed by atoms with Gasteiger partial charge in [0.15, 0.2) is 11.5 Å². The van der Waals surface area contributed by atoms with Gasteiger partial charge >= 0.3 is 0 Å². The zero-order chi connectivity index (χ0) is 11.7. The summed E-state index contributed by atoms with van der Waals surface area (Å²) in [5.41, 5.74) is 2.59. The molecule has 0 bridgehead atoms. The van der Waals surface area contributed by atoms with E-state index in [1.807, 2.05) is 6.07 Å². The van der Waals surface area contributed by atoms with E-state index < -0.39 is 0 Å². The van der Waals surface area contributed by atoms with Crippen molar-refractivity contribution >= 4 is 21.6 Å². The third-order valence-electron chi connectivity index (χ3n) is 2.74. The van der Waals surface area contributed by atoms with E-state index in [4.69, 9.17) is 14.7 Å². The van der Waals surface area contributed by atoms with E-state index >= 15 is 0 Å². The molecule has 0 atom stereocenters. The van der Waals surface area contributed by atoms with Crippen LogP contribution in [0.3, 0.4) is 0 Å². The molecule has 2 rings (SSSR count). The molecule has 0 aliphatic heterocycles. The number of benzene rings is 1. The molecule has 16 heavy (non-hydrogen) atoms. The lowest BCUT2D eigenvalue weighted by Gasteiger charge is -2.13. The number of halogens is 1. The average Bonchev–Trinajstić information content (AvgIpc) is 2.73. The summed E-state index contributed by atoms with van der Waals surface area (Å²) in [6, 6.07) is 1.87. The van der Waals surface area contributed by atoms with Crippen molar-refractivity contribution in [2.45, 2.75) is 12.8 Å². The standard InChI is InChI=1S/C11H12BrNO3/c1-15-9-5-7(12)6-3-4-8(13-14)10(6)11(9)16-2/h5,14H,3-4H2,1-2H3/b13-8+. The van der Waals surface area contributed by atoms with Crippen molar-refractivity contribution in [1.29, 1.82) is 0 Å². The normalized spacial score (nSPS) is 16.3. The lowest BCUT2D eigenvalue weighted by Crippen LogP contribution is -2.01. The van der Waals surface area contributed by atoms with Crippen LogP contribution in [0.2, 0.25) is 0 Å². The summed E-state index contributed by atoms with van der Waals surface area (Å²) in [4.78, 5) is 0. The Balaban J connectivity index is 2.72. The fraction of sp³-hybridized carbons (Fsp3) is 0.364. The summed E-state index contributed by atoms with van der Waals surface area (Å²) >= 11 is 3.49. The lowest BCUT2D eigenvalue weighted by molar-refractivity contribution is 0.317. The largest absolute Gasteiger partial charge is 0.493 e. The van der Waals surface area contributed by atoms with Gasteiger partial charge in [0.1, 0.15) is 0 Å². The van der Waals surface area contributed by atoms with Crippen LogP contribution in [0.5, 0.6) is 11.5 Å². The second kappa shape index (κ2) is 4.33. The van der Waals surface area contributed by atoms with Crippen LogP contribution in [0.15, 0.2) is 15.7 Å². The lowest BCUT2D eigenvalue weighted by atomic mass is 10.1. The Morgan fingerprint density at radius 3 is 2.62 bits per heavy atom. The highest BCUT2D eigenvalue weighted by Crippen LogP contribution is 2.42. The zero-order valence-corrected chi connectivity index (χ0v) is 10.7. The van der Waals surface area contributed by atoms with Crippen LogP contribution in [-0.4, -0.2) is 25.1 Å². The molecule has 0 amide bonds. The highest BCUT2D eigenvalue weighted by molar-refractivity contribution is 9.10. The molecule has 0 radical (unpaired) electrons. The van der Waals surface area contributed by atoms with Gasteiger partial charge in [-0.05, 0) is 24.5 Å². The predicted molar refractivity (Wildman–Crippen MR) is 63.9 cm³/mol. The first-order chi connectivity index (χ1) is 7.72. The highest BCUT2D eigenvalue weighted by Gasteiger charge is 2.27. The summed E-state index contributed by atoms with van der Waals surface area (Å²) in [5.74, 6) is 1.27. The van der Waals surface area contributed by atoms with E-state index in [0.717, 1.165) is 22.0 Å². The first-order valence-electron chi connectivity index (χ1n) is 4.87. The van der Waals surface area contributed by atoms with Gasteiger partial charge in [-0.1, -0.05) is 21.1 Å². The van der Waals surface area contributed by atoms with Crippen molar-refractivity contribution in [2.75, 3.05) is 14.2 Å². The fourth-order valence-electron chi connectivity index (χ4n) is 2.02. The molecule has 86 valence electrons. The Bertz CT molecular complexity index is 457. The van der Waals surface area contributed by atoms with E-state index in [0.29, 0.717) is 23.6 Å². The summed E-state index contributed by atoms with van der Waals surface area (Å²) in [5, 5.41) is 12.3. The van der Waals surface area contributed by atoms with Gasteiger partial charge in [-0.15, -0.1) is 0 Å². The third kappa shape index (κ3) is 1.55. The Kier molecular flexibility index (Phi) is 3.05. The number of ether oxygens (including phenoxy) is 2. The van der Waals surface area contributed by atoms with E-state index in [2.05, 4.69) is 21.1 Å². The Morgan fingerprint density at radius 1 is 1.31 bits per heavy atom. The summed E-state index contributed by atoms with van der Waals surface area (Å²) < 4.78 is 11.5. The zero-order valence-electron chi connectivity index (χ0n) is 9.08. The monoisotopic (exact) mass is 285 g/mol. The second-order valence-electron chi connectivity index (χ2n) is 3.49. The number of fused-ring (bicyclic) bond motifs is 1.